The van der Waals surface area contributed by atoms with Crippen molar-refractivity contribution in [3.05, 3.63) is 65.7 Å². The van der Waals surface area contributed by atoms with Gasteiger partial charge in [-0.3, -0.25) is 14.6 Å². The van der Waals surface area contributed by atoms with Gasteiger partial charge >= 0.3 is 320 Å². The van der Waals surface area contributed by atoms with E-state index < -0.39 is 53.3 Å². The molecule has 3 rings (SSSR count). The van der Waals surface area contributed by atoms with E-state index in [1.807, 2.05) is 4.72 Å². The minimum atomic E-state index is -5.14. The van der Waals surface area contributed by atoms with Crippen LogP contribution in [0.1, 0.15) is 36.4 Å². The average Bonchev–Trinajstić information content (AvgIpc) is 2.93. The van der Waals surface area contributed by atoms with Crippen molar-refractivity contribution in [2.45, 2.75) is 4.90 Å². The van der Waals surface area contributed by atoms with Crippen molar-refractivity contribution in [3.63, 3.8) is 0 Å². The number of carbonyl (C=O) groups is 2. The predicted molar refractivity (Wildman–Crippen MR) is 158 cm³/mol. The second kappa shape index (κ2) is 45.2. The molecular weight excluding hydrogens is 934 g/mol. The van der Waals surface area contributed by atoms with Crippen LogP contribution in [0.5, 0.6) is 0 Å². The molecule has 2 aromatic rings. The molecule has 1 aliphatic rings. The Morgan fingerprint density at radius 2 is 0.941 bits per heavy atom. The molecule has 1 amide bonds. The Kier molecular flexibility index (Phi) is 82.7. The zero-order valence-corrected chi connectivity index (χ0v) is 51.1. The Morgan fingerprint density at radius 3 is 1.16 bits per heavy atom. The molecule has 1 heterocycles. The van der Waals surface area contributed by atoms with Crippen molar-refractivity contribution in [2.24, 2.45) is 0 Å². The molecule has 15 N–H and O–H groups in total. The number of rotatable bonds is 3. The van der Waals surface area contributed by atoms with E-state index in [4.69, 9.17) is 58.3 Å². The van der Waals surface area contributed by atoms with Gasteiger partial charge in [0.05, 0.1) is 11.1 Å². The molecule has 37 heteroatoms. The Morgan fingerprint density at radius 1 is 0.667 bits per heavy atom. The molecule has 0 aromatic heterocycles. The van der Waals surface area contributed by atoms with Crippen LogP contribution in [-0.2, 0) is 32.6 Å². The summed E-state index contributed by atoms with van der Waals surface area (Å²) in [7, 11) is -23.4. The number of hydrogen-bond acceptors (Lipinski definition) is 9. The van der Waals surface area contributed by atoms with Crippen molar-refractivity contribution >= 4 is 129 Å². The number of halogens is 1. The van der Waals surface area contributed by atoms with E-state index in [2.05, 4.69) is 4.31 Å². The summed E-state index contributed by atoms with van der Waals surface area (Å²) in [6.45, 7) is 0. The quantitative estimate of drug-likeness (QED) is 0.100. The number of nitrogens with one attached hydrogen (secondary N) is 1. The Labute approximate surface area is 521 Å². The van der Waals surface area contributed by atoms with Crippen LogP contribution in [0, 0.1) is 0 Å². The van der Waals surface area contributed by atoms with Gasteiger partial charge < -0.3 is 66.0 Å². The third-order valence-corrected chi connectivity index (χ3v) is 5.97. The number of carboxylic acid groups (broad SMARTS) is 1. The normalized spacial score (nSPS) is 10.7. The molecule has 2 aromatic carbocycles. The van der Waals surface area contributed by atoms with Gasteiger partial charge in [-0.2, -0.15) is 4.31 Å². The number of carboxylic acids is 1. The summed E-state index contributed by atoms with van der Waals surface area (Å²) in [5, 5.41) is 8.38. The molecule has 0 unspecified atom stereocenters. The molecule has 0 saturated carbocycles. The Bertz CT molecular complexity index is 1460. The van der Waals surface area contributed by atoms with Gasteiger partial charge in [-0.05, 0) is 24.3 Å². The smallest absolute Gasteiger partial charge is 1.00 e. The first kappa shape index (κ1) is 93.2. The van der Waals surface area contributed by atoms with Gasteiger partial charge in [-0.15, -0.1) is 4.20 Å². The topological polar surface area (TPSA) is 423 Å². The van der Waals surface area contributed by atoms with Crippen molar-refractivity contribution in [1.82, 2.24) is 4.72 Å². The van der Waals surface area contributed by atoms with Gasteiger partial charge in [0.25, 0.3) is 15.9 Å². The zero-order valence-electron chi connectivity index (χ0n) is 39.3. The summed E-state index contributed by atoms with van der Waals surface area (Å²) in [4.78, 5) is 87.7. The molecule has 51 heavy (non-hydrogen) atoms. The fraction of sp³-hybridized carbons (Fsp3) is 0. The maximum Gasteiger partial charge on any atom is 2.00 e. The van der Waals surface area contributed by atoms with Crippen molar-refractivity contribution in [2.75, 3.05) is 0 Å². The van der Waals surface area contributed by atoms with Gasteiger partial charge in [0.1, 0.15) is 4.90 Å². The van der Waals surface area contributed by atoms with Gasteiger partial charge in [0.15, 0.2) is 0 Å². The number of sulfonamides is 1. The summed E-state index contributed by atoms with van der Waals surface area (Å²) in [6.07, 6.45) is 0. The van der Waals surface area contributed by atoms with E-state index in [1.54, 1.807) is 42.5 Å². The number of hydrogen-bond donors (Lipinski definition) is 11. The minimum Gasteiger partial charge on any atom is -1.00 e. The van der Waals surface area contributed by atoms with Gasteiger partial charge in [0, 0.05) is 0 Å². The summed E-state index contributed by atoms with van der Waals surface area (Å²) in [6, 6.07) is 14.4. The first-order chi connectivity index (χ1) is 17.6. The summed E-state index contributed by atoms with van der Waals surface area (Å²) < 4.78 is 74.3. The summed E-state index contributed by atoms with van der Waals surface area (Å²) in [5.74, 6) is -1.43. The first-order valence-electron chi connectivity index (χ1n) is 8.93. The monoisotopic (exact) mass is 969 g/mol. The molecule has 0 spiro atoms. The van der Waals surface area contributed by atoms with Gasteiger partial charge in [-0.1, -0.05) is 30.3 Å². The van der Waals surface area contributed by atoms with E-state index in [-0.39, 0.29) is 319 Å². The van der Waals surface area contributed by atoms with E-state index in [9.17, 15) is 31.3 Å². The van der Waals surface area contributed by atoms with Crippen LogP contribution in [0.15, 0.2) is 59.5 Å². The number of fused-ring (bicyclic) bond motifs is 1. The average molecular weight is 969 g/mol. The molecule has 1 aliphatic heterocycles. The molecule has 0 radical (unpaired) electrons. The third kappa shape index (κ3) is 66.5. The maximum absolute atomic E-state index is 11.1. The fourth-order valence-electron chi connectivity index (χ4n) is 1.84. The number of benzene rings is 2. The van der Waals surface area contributed by atoms with Crippen LogP contribution in [0.3, 0.4) is 0 Å². The number of carbonyl (C=O) groups excluding carboxylic acids is 1. The van der Waals surface area contributed by atoms with Crippen LogP contribution in [0.4, 0.5) is 4.20 Å². The molecule has 0 bridgehead atoms. The maximum atomic E-state index is 11.1. The first-order valence-corrected chi connectivity index (χ1v) is 16.5. The number of aromatic carboxylic acids is 1. The fourth-order valence-corrected chi connectivity index (χ4v) is 4.12. The van der Waals surface area contributed by atoms with Crippen LogP contribution >= 0.6 is 31.4 Å². The molecule has 0 saturated heterocycles. The molecule has 0 aliphatic carbocycles. The summed E-state index contributed by atoms with van der Waals surface area (Å²) >= 11 is 0. The standard InChI is InChI=1S/C7H5NO3S.C7H6O2.2Ca.FH2O3P.7Na.H4O7P2.H3O4P.2H2O.11H/c9-7-5-3-1-2-4-6(5)12(10,11)8-7;8-7(9)6-4-2-1-3-5-6;;;1-5(2,3)4;;;;;;;;1-8(2,3)7-9(4,5)6;1-5(2,3)4;;;;;;;;;;;;;/h1-4H,(H,8,9);1-5H,(H,8,9);;;(H2,2,3,4);;;;;;;;(H2,1,2,3)(H2,4,5,6);(H3,1,2,3,4);2*1H2;;;;;;;;;;;/q;;2*+2;;7*+1;;;;;11*-1. The number of amides is 1. The van der Waals surface area contributed by atoms with Crippen molar-refractivity contribution in [3.8, 4) is 0 Å². The van der Waals surface area contributed by atoms with E-state index in [0.717, 1.165) is 0 Å². The molecular formula is C14H35Ca2FNNa7O21P4S. The Hall–Kier alpha value is 7.22. The second-order valence-corrected chi connectivity index (χ2v) is 12.4. The van der Waals surface area contributed by atoms with Crippen LogP contribution < -0.4 is 212 Å². The SMILES string of the molecule is O.O.O=C(O)c1ccccc1.O=C1NS(=O)(=O)c2ccccc21.O=P(O)(O)F.O=P(O)(O)O.O=P(O)(O)OP(=O)(O)O.[Ca+2].[Ca+2].[H-].[H-].[H-].[H-].[H-].[H-].[H-].[H-].[H-].[H-].[H-].[Na+].[Na+].[Na+].[Na+].[Na+].[Na+].[Na+]. The van der Waals surface area contributed by atoms with Crippen LogP contribution in [0.25, 0.3) is 0 Å². The third-order valence-electron chi connectivity index (χ3n) is 2.88. The Balaban J connectivity index is -0.0000000125. The van der Waals surface area contributed by atoms with Crippen LogP contribution in [-0.4, -0.2) is 156 Å². The second-order valence-electron chi connectivity index (χ2n) is 6.15. The summed E-state index contributed by atoms with van der Waals surface area (Å²) in [5.41, 5.74) is 0.551. The van der Waals surface area contributed by atoms with Crippen LogP contribution in [0.2, 0.25) is 0 Å². The van der Waals surface area contributed by atoms with Gasteiger partial charge in [-0.25, -0.2) is 36.2 Å². The van der Waals surface area contributed by atoms with Crippen molar-refractivity contribution < 1.29 is 327 Å². The van der Waals surface area contributed by atoms with Gasteiger partial charge in [0.2, 0.25) is 0 Å². The largest absolute Gasteiger partial charge is 2.00 e. The molecule has 22 nitrogen and oxygen atoms in total. The van der Waals surface area contributed by atoms with E-state index >= 15 is 0 Å². The predicted octanol–water partition coefficient (Wildman–Crippen LogP) is -22.3. The molecule has 0 atom stereocenters. The molecule has 0 fully saturated rings. The minimum absolute atomic E-state index is 0. The zero-order chi connectivity index (χ0) is 32.2. The van der Waals surface area contributed by atoms with E-state index in [1.165, 1.54) is 12.1 Å². The number of phosphoric acid groups is 3. The van der Waals surface area contributed by atoms with E-state index in [0.29, 0.717) is 5.56 Å². The molecule has 266 valence electrons. The van der Waals surface area contributed by atoms with Crippen molar-refractivity contribution in [1.29, 1.82) is 0 Å².